The van der Waals surface area contributed by atoms with Gasteiger partial charge in [-0.2, -0.15) is 0 Å². The van der Waals surface area contributed by atoms with E-state index in [1.54, 1.807) is 6.20 Å². The third-order valence-corrected chi connectivity index (χ3v) is 3.11. The fraction of sp³-hybridized carbons (Fsp3) is 0.667. The zero-order valence-electron chi connectivity index (χ0n) is 9.99. The number of rotatable bonds is 4. The van der Waals surface area contributed by atoms with Gasteiger partial charge < -0.3 is 10.1 Å². The Hall–Kier alpha value is -1.16. The molecule has 2 rings (SSSR count). The summed E-state index contributed by atoms with van der Waals surface area (Å²) in [6.45, 7) is 6.92. The van der Waals surface area contributed by atoms with Crippen LogP contribution in [-0.2, 0) is 0 Å². The van der Waals surface area contributed by atoms with Gasteiger partial charge in [-0.15, -0.1) is 0 Å². The topological polar surface area (TPSA) is 47.0 Å². The number of aryl methyl sites for hydroxylation is 2. The lowest BCUT2D eigenvalue weighted by atomic mass is 10.1. The minimum Gasteiger partial charge on any atom is -0.477 e. The Kier molecular flexibility index (Phi) is 3.72. The molecule has 0 saturated carbocycles. The SMILES string of the molecule is Cc1ncc(OCCC2CCNC2)nc1C. The fourth-order valence-corrected chi connectivity index (χ4v) is 1.88. The van der Waals surface area contributed by atoms with E-state index in [4.69, 9.17) is 4.74 Å². The molecule has 88 valence electrons. The van der Waals surface area contributed by atoms with Crippen molar-refractivity contribution in [1.82, 2.24) is 15.3 Å². The van der Waals surface area contributed by atoms with Crippen LogP contribution in [-0.4, -0.2) is 29.7 Å². The van der Waals surface area contributed by atoms with Crippen LogP contribution >= 0.6 is 0 Å². The van der Waals surface area contributed by atoms with Gasteiger partial charge in [-0.1, -0.05) is 0 Å². The van der Waals surface area contributed by atoms with E-state index in [1.807, 2.05) is 13.8 Å². The largest absolute Gasteiger partial charge is 0.477 e. The second kappa shape index (κ2) is 5.25. The Morgan fingerprint density at radius 1 is 1.44 bits per heavy atom. The Bertz CT molecular complexity index is 348. The lowest BCUT2D eigenvalue weighted by molar-refractivity contribution is 0.272. The van der Waals surface area contributed by atoms with Crippen LogP contribution in [0.1, 0.15) is 24.2 Å². The van der Waals surface area contributed by atoms with E-state index in [1.165, 1.54) is 6.42 Å². The van der Waals surface area contributed by atoms with Gasteiger partial charge in [0.15, 0.2) is 0 Å². The molecule has 1 aromatic heterocycles. The molecule has 1 saturated heterocycles. The van der Waals surface area contributed by atoms with Crippen molar-refractivity contribution in [2.24, 2.45) is 5.92 Å². The summed E-state index contributed by atoms with van der Waals surface area (Å²) in [6.07, 6.45) is 4.07. The molecule has 1 aliphatic rings. The maximum Gasteiger partial charge on any atom is 0.232 e. The van der Waals surface area contributed by atoms with Crippen molar-refractivity contribution in [2.75, 3.05) is 19.7 Å². The molecule has 0 radical (unpaired) electrons. The Balaban J connectivity index is 1.78. The van der Waals surface area contributed by atoms with E-state index < -0.39 is 0 Å². The first-order valence-corrected chi connectivity index (χ1v) is 5.89. The summed E-state index contributed by atoms with van der Waals surface area (Å²) in [5.74, 6) is 1.41. The third kappa shape index (κ3) is 2.92. The van der Waals surface area contributed by atoms with E-state index in [0.717, 1.165) is 43.4 Å². The van der Waals surface area contributed by atoms with Crippen LogP contribution < -0.4 is 10.1 Å². The summed E-state index contributed by atoms with van der Waals surface area (Å²) in [5, 5.41) is 3.35. The van der Waals surface area contributed by atoms with Crippen molar-refractivity contribution >= 4 is 0 Å². The lowest BCUT2D eigenvalue weighted by Crippen LogP contribution is -2.12. The van der Waals surface area contributed by atoms with Gasteiger partial charge >= 0.3 is 0 Å². The molecule has 1 N–H and O–H groups in total. The monoisotopic (exact) mass is 221 g/mol. The quantitative estimate of drug-likeness (QED) is 0.836. The molecular formula is C12H19N3O. The Morgan fingerprint density at radius 2 is 2.31 bits per heavy atom. The lowest BCUT2D eigenvalue weighted by Gasteiger charge is -2.09. The van der Waals surface area contributed by atoms with Crippen molar-refractivity contribution in [3.05, 3.63) is 17.6 Å². The van der Waals surface area contributed by atoms with Crippen LogP contribution in [0.2, 0.25) is 0 Å². The molecule has 1 aliphatic heterocycles. The molecule has 0 aromatic carbocycles. The second-order valence-corrected chi connectivity index (χ2v) is 4.38. The van der Waals surface area contributed by atoms with Gasteiger partial charge in [0.2, 0.25) is 5.88 Å². The number of nitrogens with one attached hydrogen (secondary N) is 1. The number of hydrogen-bond acceptors (Lipinski definition) is 4. The average Bonchev–Trinajstić information content (AvgIpc) is 2.76. The third-order valence-electron chi connectivity index (χ3n) is 3.11. The van der Waals surface area contributed by atoms with Gasteiger partial charge in [-0.05, 0) is 45.7 Å². The standard InChI is InChI=1S/C12H19N3O/c1-9-10(2)15-12(8-14-9)16-6-4-11-3-5-13-7-11/h8,11,13H,3-7H2,1-2H3. The number of aromatic nitrogens is 2. The molecule has 1 unspecified atom stereocenters. The molecule has 2 heterocycles. The fourth-order valence-electron chi connectivity index (χ4n) is 1.88. The van der Waals surface area contributed by atoms with Gasteiger partial charge in [-0.3, -0.25) is 4.98 Å². The van der Waals surface area contributed by atoms with Gasteiger partial charge in [0.25, 0.3) is 0 Å². The molecule has 0 aliphatic carbocycles. The van der Waals surface area contributed by atoms with Crippen LogP contribution in [0.25, 0.3) is 0 Å². The van der Waals surface area contributed by atoms with Gasteiger partial charge in [0.1, 0.15) is 0 Å². The molecule has 0 bridgehead atoms. The molecule has 16 heavy (non-hydrogen) atoms. The molecule has 0 spiro atoms. The van der Waals surface area contributed by atoms with E-state index in [-0.39, 0.29) is 0 Å². The smallest absolute Gasteiger partial charge is 0.232 e. The zero-order valence-corrected chi connectivity index (χ0v) is 9.99. The highest BCUT2D eigenvalue weighted by Crippen LogP contribution is 2.13. The predicted octanol–water partition coefficient (Wildman–Crippen LogP) is 1.47. The number of nitrogens with zero attached hydrogens (tertiary/aromatic N) is 2. The van der Waals surface area contributed by atoms with Crippen molar-refractivity contribution in [3.8, 4) is 5.88 Å². The molecule has 1 fully saturated rings. The van der Waals surface area contributed by atoms with Crippen molar-refractivity contribution in [2.45, 2.75) is 26.7 Å². The summed E-state index contributed by atoms with van der Waals surface area (Å²) in [4.78, 5) is 8.57. The maximum atomic E-state index is 5.60. The zero-order chi connectivity index (χ0) is 11.4. The summed E-state index contributed by atoms with van der Waals surface area (Å²) in [6, 6.07) is 0. The second-order valence-electron chi connectivity index (χ2n) is 4.38. The van der Waals surface area contributed by atoms with Crippen molar-refractivity contribution in [1.29, 1.82) is 0 Å². The molecule has 1 aromatic rings. The molecule has 4 heteroatoms. The van der Waals surface area contributed by atoms with E-state index in [0.29, 0.717) is 5.88 Å². The molecule has 4 nitrogen and oxygen atoms in total. The highest BCUT2D eigenvalue weighted by molar-refractivity contribution is 5.14. The maximum absolute atomic E-state index is 5.60. The Morgan fingerprint density at radius 3 is 3.00 bits per heavy atom. The predicted molar refractivity (Wildman–Crippen MR) is 62.6 cm³/mol. The van der Waals surface area contributed by atoms with E-state index in [2.05, 4.69) is 15.3 Å². The van der Waals surface area contributed by atoms with Crippen LogP contribution in [0.3, 0.4) is 0 Å². The minimum absolute atomic E-state index is 0.647. The van der Waals surface area contributed by atoms with Crippen LogP contribution in [0.4, 0.5) is 0 Å². The number of hydrogen-bond donors (Lipinski definition) is 1. The Labute approximate surface area is 96.4 Å². The molecule has 0 amide bonds. The average molecular weight is 221 g/mol. The first-order valence-electron chi connectivity index (χ1n) is 5.89. The van der Waals surface area contributed by atoms with E-state index in [9.17, 15) is 0 Å². The van der Waals surface area contributed by atoms with E-state index >= 15 is 0 Å². The summed E-state index contributed by atoms with van der Waals surface area (Å²) >= 11 is 0. The molecule has 1 atom stereocenters. The van der Waals surface area contributed by atoms with Crippen LogP contribution in [0.15, 0.2) is 6.20 Å². The summed E-state index contributed by atoms with van der Waals surface area (Å²) in [5.41, 5.74) is 1.91. The van der Waals surface area contributed by atoms with Crippen molar-refractivity contribution in [3.63, 3.8) is 0 Å². The first-order chi connectivity index (χ1) is 7.75. The normalized spacial score (nSPS) is 20.0. The first kappa shape index (κ1) is 11.3. The van der Waals surface area contributed by atoms with Gasteiger partial charge in [0.05, 0.1) is 24.2 Å². The highest BCUT2D eigenvalue weighted by atomic mass is 16.5. The van der Waals surface area contributed by atoms with Crippen LogP contribution in [0.5, 0.6) is 5.88 Å². The summed E-state index contributed by atoms with van der Waals surface area (Å²) < 4.78 is 5.60. The van der Waals surface area contributed by atoms with Crippen LogP contribution in [0, 0.1) is 19.8 Å². The van der Waals surface area contributed by atoms with Gasteiger partial charge in [-0.25, -0.2) is 4.98 Å². The minimum atomic E-state index is 0.647. The van der Waals surface area contributed by atoms with Crippen molar-refractivity contribution < 1.29 is 4.74 Å². The number of ether oxygens (including phenoxy) is 1. The molecular weight excluding hydrogens is 202 g/mol. The highest BCUT2D eigenvalue weighted by Gasteiger charge is 2.14. The van der Waals surface area contributed by atoms with Gasteiger partial charge in [0, 0.05) is 0 Å². The summed E-state index contributed by atoms with van der Waals surface area (Å²) in [7, 11) is 0.